The van der Waals surface area contributed by atoms with Gasteiger partial charge < -0.3 is 9.84 Å². The van der Waals surface area contributed by atoms with Gasteiger partial charge in [-0.15, -0.1) is 0 Å². The molecule has 1 atom stereocenters. The quantitative estimate of drug-likeness (QED) is 0.503. The summed E-state index contributed by atoms with van der Waals surface area (Å²) in [7, 11) is 0. The minimum Gasteiger partial charge on any atom is -0.356 e. The summed E-state index contributed by atoms with van der Waals surface area (Å²) in [5.41, 5.74) is 0.838. The van der Waals surface area contributed by atoms with E-state index in [0.29, 0.717) is 23.3 Å². The van der Waals surface area contributed by atoms with Gasteiger partial charge in [-0.2, -0.15) is 16.7 Å². The van der Waals surface area contributed by atoms with Crippen LogP contribution < -0.4 is 5.32 Å². The van der Waals surface area contributed by atoms with E-state index in [9.17, 15) is 4.79 Å². The molecule has 6 nitrogen and oxygen atoms in total. The fraction of sp³-hybridized carbons (Fsp3) is 0.625. The molecule has 1 aromatic heterocycles. The Hall–Kier alpha value is -1.57. The van der Waals surface area contributed by atoms with Crippen molar-refractivity contribution < 1.29 is 9.32 Å². The first-order chi connectivity index (χ1) is 15.7. The summed E-state index contributed by atoms with van der Waals surface area (Å²) >= 11 is 8.16. The summed E-state index contributed by atoms with van der Waals surface area (Å²) in [5.74, 6) is 2.47. The number of halogens is 1. The second-order valence-electron chi connectivity index (χ2n) is 8.87. The SMILES string of the molecule is O=C(NCCCSC1CCCCC1)C1CCCN(Cc2nc(-c3cccc(Cl)c3)no2)C1. The first kappa shape index (κ1) is 23.6. The molecule has 1 amide bonds. The van der Waals surface area contributed by atoms with E-state index in [4.69, 9.17) is 16.1 Å². The van der Waals surface area contributed by atoms with E-state index in [0.717, 1.165) is 55.5 Å². The number of nitrogens with zero attached hydrogens (tertiary/aromatic N) is 3. The fourth-order valence-corrected chi connectivity index (χ4v) is 6.08. The van der Waals surface area contributed by atoms with Gasteiger partial charge in [-0.1, -0.05) is 48.2 Å². The van der Waals surface area contributed by atoms with Gasteiger partial charge in [-0.05, 0) is 56.5 Å². The molecule has 0 bridgehead atoms. The van der Waals surface area contributed by atoms with Crippen LogP contribution in [-0.4, -0.2) is 51.6 Å². The smallest absolute Gasteiger partial charge is 0.241 e. The zero-order valence-corrected chi connectivity index (χ0v) is 20.2. The number of aromatic nitrogens is 2. The van der Waals surface area contributed by atoms with Gasteiger partial charge in [0.05, 0.1) is 12.5 Å². The standard InChI is InChI=1S/C24H33ClN4O2S/c25-20-9-4-7-18(15-20)23-27-22(31-28-23)17-29-13-5-8-19(16-29)24(30)26-12-6-14-32-21-10-2-1-3-11-21/h4,7,9,15,19,21H,1-3,5-6,8,10-14,16-17H2,(H,26,30). The highest BCUT2D eigenvalue weighted by molar-refractivity contribution is 7.99. The minimum atomic E-state index is 0.0325. The predicted molar refractivity (Wildman–Crippen MR) is 130 cm³/mol. The summed E-state index contributed by atoms with van der Waals surface area (Å²) < 4.78 is 5.45. The Morgan fingerprint density at radius 1 is 1.22 bits per heavy atom. The molecule has 1 aromatic carbocycles. The molecule has 2 aliphatic rings. The minimum absolute atomic E-state index is 0.0325. The summed E-state index contributed by atoms with van der Waals surface area (Å²) in [4.78, 5) is 19.4. The van der Waals surface area contributed by atoms with Crippen LogP contribution >= 0.6 is 23.4 Å². The van der Waals surface area contributed by atoms with Crippen molar-refractivity contribution in [1.82, 2.24) is 20.4 Å². The Morgan fingerprint density at radius 2 is 2.09 bits per heavy atom. The molecule has 1 N–H and O–H groups in total. The van der Waals surface area contributed by atoms with Crippen LogP contribution in [0.4, 0.5) is 0 Å². The van der Waals surface area contributed by atoms with Crippen LogP contribution in [0.25, 0.3) is 11.4 Å². The monoisotopic (exact) mass is 476 g/mol. The summed E-state index contributed by atoms with van der Waals surface area (Å²) in [6.45, 7) is 3.02. The van der Waals surface area contributed by atoms with Crippen molar-refractivity contribution in [1.29, 1.82) is 0 Å². The molecule has 2 fully saturated rings. The Labute approximate surface area is 199 Å². The molecule has 1 aliphatic heterocycles. The summed E-state index contributed by atoms with van der Waals surface area (Å²) in [6.07, 6.45) is 9.92. The third-order valence-corrected chi connectivity index (χ3v) is 8.01. The predicted octanol–water partition coefficient (Wildman–Crippen LogP) is 5.17. The molecule has 4 rings (SSSR count). The number of carbonyl (C=O) groups excluding carboxylic acids is 1. The number of likely N-dealkylation sites (tertiary alicyclic amines) is 1. The Kier molecular flexibility index (Phi) is 8.88. The van der Waals surface area contributed by atoms with Crippen molar-refractivity contribution >= 4 is 29.3 Å². The van der Waals surface area contributed by atoms with Gasteiger partial charge in [-0.25, -0.2) is 0 Å². The van der Waals surface area contributed by atoms with E-state index in [1.54, 1.807) is 0 Å². The van der Waals surface area contributed by atoms with Gasteiger partial charge >= 0.3 is 0 Å². The van der Waals surface area contributed by atoms with E-state index in [1.165, 1.54) is 32.1 Å². The number of hydrogen-bond donors (Lipinski definition) is 1. The van der Waals surface area contributed by atoms with Crippen LogP contribution in [0.5, 0.6) is 0 Å². The van der Waals surface area contributed by atoms with Crippen LogP contribution in [0, 0.1) is 5.92 Å². The lowest BCUT2D eigenvalue weighted by Crippen LogP contribution is -2.43. The van der Waals surface area contributed by atoms with Crippen LogP contribution in [0.15, 0.2) is 28.8 Å². The van der Waals surface area contributed by atoms with Crippen molar-refractivity contribution in [3.8, 4) is 11.4 Å². The second kappa shape index (κ2) is 12.1. The molecule has 2 heterocycles. The average Bonchev–Trinajstić information content (AvgIpc) is 3.28. The maximum absolute atomic E-state index is 12.7. The number of rotatable bonds is 9. The molecular formula is C24H33ClN4O2S. The first-order valence-corrected chi connectivity index (χ1v) is 13.3. The van der Waals surface area contributed by atoms with Crippen molar-refractivity contribution in [2.75, 3.05) is 25.4 Å². The number of nitrogens with one attached hydrogen (secondary N) is 1. The van der Waals surface area contributed by atoms with Crippen molar-refractivity contribution in [2.24, 2.45) is 5.92 Å². The molecule has 2 aromatic rings. The highest BCUT2D eigenvalue weighted by Crippen LogP contribution is 2.28. The van der Waals surface area contributed by atoms with Gasteiger partial charge in [0.1, 0.15) is 0 Å². The van der Waals surface area contributed by atoms with E-state index < -0.39 is 0 Å². The van der Waals surface area contributed by atoms with Gasteiger partial charge in [0.25, 0.3) is 0 Å². The molecule has 0 radical (unpaired) electrons. The van der Waals surface area contributed by atoms with Gasteiger partial charge in [0.2, 0.25) is 17.6 Å². The zero-order chi connectivity index (χ0) is 22.2. The molecule has 1 saturated carbocycles. The van der Waals surface area contributed by atoms with Gasteiger partial charge in [0, 0.05) is 28.9 Å². The normalized spacial score (nSPS) is 20.3. The van der Waals surface area contributed by atoms with Crippen LogP contribution in [-0.2, 0) is 11.3 Å². The molecule has 8 heteroatoms. The lowest BCUT2D eigenvalue weighted by atomic mass is 9.97. The molecule has 1 saturated heterocycles. The van der Waals surface area contributed by atoms with E-state index in [-0.39, 0.29) is 11.8 Å². The van der Waals surface area contributed by atoms with E-state index in [2.05, 4.69) is 32.1 Å². The summed E-state index contributed by atoms with van der Waals surface area (Å²) in [5, 5.41) is 8.74. The lowest BCUT2D eigenvalue weighted by Gasteiger charge is -2.30. The maximum Gasteiger partial charge on any atom is 0.241 e. The fourth-order valence-electron chi connectivity index (χ4n) is 4.58. The largest absolute Gasteiger partial charge is 0.356 e. The Morgan fingerprint density at radius 3 is 2.94 bits per heavy atom. The number of hydrogen-bond acceptors (Lipinski definition) is 6. The van der Waals surface area contributed by atoms with E-state index in [1.807, 2.05) is 24.3 Å². The zero-order valence-electron chi connectivity index (χ0n) is 18.6. The van der Waals surface area contributed by atoms with Crippen LogP contribution in [0.2, 0.25) is 5.02 Å². The molecule has 32 heavy (non-hydrogen) atoms. The molecular weight excluding hydrogens is 444 g/mol. The number of piperidine rings is 1. The highest BCUT2D eigenvalue weighted by Gasteiger charge is 2.26. The van der Waals surface area contributed by atoms with Gasteiger partial charge in [0.15, 0.2) is 0 Å². The molecule has 1 aliphatic carbocycles. The third-order valence-electron chi connectivity index (χ3n) is 6.31. The van der Waals surface area contributed by atoms with E-state index >= 15 is 0 Å². The number of benzene rings is 1. The molecule has 174 valence electrons. The topological polar surface area (TPSA) is 71.3 Å². The molecule has 0 spiro atoms. The molecule has 1 unspecified atom stereocenters. The summed E-state index contributed by atoms with van der Waals surface area (Å²) in [6, 6.07) is 7.43. The highest BCUT2D eigenvalue weighted by atomic mass is 35.5. The second-order valence-corrected chi connectivity index (χ2v) is 10.7. The maximum atomic E-state index is 12.7. The first-order valence-electron chi connectivity index (χ1n) is 11.9. The average molecular weight is 477 g/mol. The number of amides is 1. The number of carbonyl (C=O) groups is 1. The van der Waals surface area contributed by atoms with Crippen molar-refractivity contribution in [2.45, 2.75) is 63.2 Å². The van der Waals surface area contributed by atoms with Gasteiger partial charge in [-0.3, -0.25) is 9.69 Å². The third kappa shape index (κ3) is 6.96. The lowest BCUT2D eigenvalue weighted by molar-refractivity contribution is -0.126. The van der Waals surface area contributed by atoms with Crippen molar-refractivity contribution in [3.63, 3.8) is 0 Å². The van der Waals surface area contributed by atoms with Crippen molar-refractivity contribution in [3.05, 3.63) is 35.2 Å². The van der Waals surface area contributed by atoms with Crippen LogP contribution in [0.3, 0.4) is 0 Å². The Bertz CT molecular complexity index is 871. The Balaban J connectivity index is 1.18. The van der Waals surface area contributed by atoms with Crippen LogP contribution in [0.1, 0.15) is 57.3 Å². The number of thioether (sulfide) groups is 1.